The molecule has 0 bridgehead atoms. The lowest BCUT2D eigenvalue weighted by molar-refractivity contribution is 0.0594. The molecule has 5 heteroatoms. The zero-order chi connectivity index (χ0) is 13.2. The fraction of sp³-hybridized carbons (Fsp3) is 0.615. The van der Waals surface area contributed by atoms with Gasteiger partial charge in [0, 0.05) is 13.1 Å². The smallest absolute Gasteiger partial charge is 0.274 e. The lowest BCUT2D eigenvalue weighted by atomic mass is 9.78. The monoisotopic (exact) mass is 248 g/mol. The number of hydrogen-bond donors (Lipinski definition) is 1. The number of anilines is 1. The van der Waals surface area contributed by atoms with Crippen molar-refractivity contribution >= 4 is 11.7 Å². The van der Waals surface area contributed by atoms with Crippen LogP contribution in [0.5, 0.6) is 0 Å². The summed E-state index contributed by atoms with van der Waals surface area (Å²) in [6.45, 7) is 6.10. The Labute approximate surface area is 107 Å². The van der Waals surface area contributed by atoms with Crippen LogP contribution < -0.4 is 5.73 Å². The van der Waals surface area contributed by atoms with Crippen molar-refractivity contribution in [1.29, 1.82) is 0 Å². The van der Waals surface area contributed by atoms with Gasteiger partial charge in [-0.25, -0.2) is 9.97 Å². The maximum absolute atomic E-state index is 12.2. The number of carbonyl (C=O) groups is 1. The van der Waals surface area contributed by atoms with Crippen LogP contribution in [0.3, 0.4) is 0 Å². The van der Waals surface area contributed by atoms with Gasteiger partial charge in [0.1, 0.15) is 11.5 Å². The average Bonchev–Trinajstić information content (AvgIpc) is 2.40. The van der Waals surface area contributed by atoms with Crippen molar-refractivity contribution in [2.24, 2.45) is 5.41 Å². The number of aromatic nitrogens is 2. The fourth-order valence-electron chi connectivity index (χ4n) is 2.21. The number of rotatable bonds is 2. The molecule has 1 aromatic heterocycles. The summed E-state index contributed by atoms with van der Waals surface area (Å²) in [5.74, 6) is 0.296. The molecule has 1 aliphatic rings. The Bertz CT molecular complexity index is 421. The Kier molecular flexibility index (Phi) is 3.50. The SMILES string of the molecule is CCC1(C)CCN(C(=O)c2cnc(N)cn2)CC1. The minimum absolute atomic E-state index is 0.0411. The molecule has 18 heavy (non-hydrogen) atoms. The molecule has 2 rings (SSSR count). The van der Waals surface area contributed by atoms with Gasteiger partial charge in [-0.15, -0.1) is 0 Å². The molecule has 0 unspecified atom stereocenters. The van der Waals surface area contributed by atoms with Gasteiger partial charge in [0.25, 0.3) is 5.91 Å². The highest BCUT2D eigenvalue weighted by Crippen LogP contribution is 2.34. The molecule has 0 radical (unpaired) electrons. The largest absolute Gasteiger partial charge is 0.382 e. The van der Waals surface area contributed by atoms with Crippen LogP contribution in [0.25, 0.3) is 0 Å². The molecule has 1 aromatic rings. The van der Waals surface area contributed by atoms with E-state index in [1.165, 1.54) is 12.4 Å². The van der Waals surface area contributed by atoms with Gasteiger partial charge in [0.2, 0.25) is 0 Å². The normalized spacial score (nSPS) is 18.7. The van der Waals surface area contributed by atoms with Crippen LogP contribution in [-0.4, -0.2) is 33.9 Å². The number of carbonyl (C=O) groups excluding carboxylic acids is 1. The first-order chi connectivity index (χ1) is 8.54. The van der Waals surface area contributed by atoms with Crippen molar-refractivity contribution in [3.63, 3.8) is 0 Å². The number of piperidine rings is 1. The van der Waals surface area contributed by atoms with Crippen LogP contribution in [0.2, 0.25) is 0 Å². The van der Waals surface area contributed by atoms with E-state index in [1.807, 2.05) is 4.90 Å². The van der Waals surface area contributed by atoms with E-state index in [4.69, 9.17) is 5.73 Å². The van der Waals surface area contributed by atoms with E-state index >= 15 is 0 Å². The Hall–Kier alpha value is -1.65. The van der Waals surface area contributed by atoms with Gasteiger partial charge in [-0.2, -0.15) is 0 Å². The Morgan fingerprint density at radius 3 is 2.56 bits per heavy atom. The third-order valence-electron chi connectivity index (χ3n) is 4.00. The van der Waals surface area contributed by atoms with Gasteiger partial charge in [-0.3, -0.25) is 4.79 Å². The van der Waals surface area contributed by atoms with Gasteiger partial charge in [0.05, 0.1) is 12.4 Å². The number of amides is 1. The number of nitrogens with zero attached hydrogens (tertiary/aromatic N) is 3. The molecular weight excluding hydrogens is 228 g/mol. The van der Waals surface area contributed by atoms with Crippen LogP contribution in [0.15, 0.2) is 12.4 Å². The zero-order valence-electron chi connectivity index (χ0n) is 11.0. The molecule has 0 saturated carbocycles. The van der Waals surface area contributed by atoms with Crippen molar-refractivity contribution in [2.75, 3.05) is 18.8 Å². The molecule has 1 amide bonds. The molecule has 0 aliphatic carbocycles. The van der Waals surface area contributed by atoms with Crippen LogP contribution in [-0.2, 0) is 0 Å². The van der Waals surface area contributed by atoms with Gasteiger partial charge >= 0.3 is 0 Å². The van der Waals surface area contributed by atoms with E-state index in [9.17, 15) is 4.79 Å². The fourth-order valence-corrected chi connectivity index (χ4v) is 2.21. The summed E-state index contributed by atoms with van der Waals surface area (Å²) in [5.41, 5.74) is 6.22. The molecule has 0 spiro atoms. The maximum Gasteiger partial charge on any atom is 0.274 e. The quantitative estimate of drug-likeness (QED) is 0.864. The summed E-state index contributed by atoms with van der Waals surface area (Å²) in [6, 6.07) is 0. The first-order valence-corrected chi connectivity index (χ1v) is 6.41. The van der Waals surface area contributed by atoms with E-state index in [0.29, 0.717) is 16.9 Å². The van der Waals surface area contributed by atoms with Crippen molar-refractivity contribution in [2.45, 2.75) is 33.1 Å². The Morgan fingerprint density at radius 2 is 2.06 bits per heavy atom. The molecular formula is C13H20N4O. The van der Waals surface area contributed by atoms with Crippen molar-refractivity contribution < 1.29 is 4.79 Å². The third kappa shape index (κ3) is 2.60. The first kappa shape index (κ1) is 12.8. The second-order valence-electron chi connectivity index (χ2n) is 5.28. The highest BCUT2D eigenvalue weighted by molar-refractivity contribution is 5.92. The summed E-state index contributed by atoms with van der Waals surface area (Å²) >= 11 is 0. The molecule has 1 aliphatic heterocycles. The van der Waals surface area contributed by atoms with Crippen molar-refractivity contribution in [3.8, 4) is 0 Å². The Morgan fingerprint density at radius 1 is 1.39 bits per heavy atom. The molecule has 1 saturated heterocycles. The maximum atomic E-state index is 12.2. The lowest BCUT2D eigenvalue weighted by Crippen LogP contribution is -2.42. The molecule has 0 atom stereocenters. The summed E-state index contributed by atoms with van der Waals surface area (Å²) in [7, 11) is 0. The highest BCUT2D eigenvalue weighted by atomic mass is 16.2. The highest BCUT2D eigenvalue weighted by Gasteiger charge is 2.30. The Balaban J connectivity index is 2.01. The number of nitrogen functional groups attached to an aromatic ring is 1. The molecule has 98 valence electrons. The summed E-state index contributed by atoms with van der Waals surface area (Å²) in [4.78, 5) is 22.0. The second-order valence-corrected chi connectivity index (χ2v) is 5.28. The lowest BCUT2D eigenvalue weighted by Gasteiger charge is -2.38. The van der Waals surface area contributed by atoms with Crippen LogP contribution in [0.4, 0.5) is 5.82 Å². The standard InChI is InChI=1S/C13H20N4O/c1-3-13(2)4-6-17(7-5-13)12(18)10-8-16-11(14)9-15-10/h8-9H,3-7H2,1-2H3,(H2,14,16). The van der Waals surface area contributed by atoms with Gasteiger partial charge in [-0.05, 0) is 18.3 Å². The van der Waals surface area contributed by atoms with Gasteiger partial charge in [-0.1, -0.05) is 20.3 Å². The summed E-state index contributed by atoms with van der Waals surface area (Å²) in [5, 5.41) is 0. The first-order valence-electron chi connectivity index (χ1n) is 6.41. The zero-order valence-corrected chi connectivity index (χ0v) is 11.0. The van der Waals surface area contributed by atoms with Crippen LogP contribution in [0.1, 0.15) is 43.6 Å². The molecule has 1 fully saturated rings. The van der Waals surface area contributed by atoms with Gasteiger partial charge in [0.15, 0.2) is 0 Å². The van der Waals surface area contributed by atoms with Crippen LogP contribution >= 0.6 is 0 Å². The van der Waals surface area contributed by atoms with E-state index in [2.05, 4.69) is 23.8 Å². The number of nitrogens with two attached hydrogens (primary N) is 1. The minimum atomic E-state index is -0.0411. The summed E-state index contributed by atoms with van der Waals surface area (Å²) in [6.07, 6.45) is 6.14. The summed E-state index contributed by atoms with van der Waals surface area (Å²) < 4.78 is 0. The number of hydrogen-bond acceptors (Lipinski definition) is 4. The molecule has 0 aromatic carbocycles. The second kappa shape index (κ2) is 4.92. The van der Waals surface area contributed by atoms with Crippen LogP contribution in [0, 0.1) is 5.41 Å². The van der Waals surface area contributed by atoms with E-state index in [0.717, 1.165) is 32.4 Å². The molecule has 2 N–H and O–H groups in total. The minimum Gasteiger partial charge on any atom is -0.382 e. The van der Waals surface area contributed by atoms with Gasteiger partial charge < -0.3 is 10.6 Å². The topological polar surface area (TPSA) is 72.1 Å². The molecule has 5 nitrogen and oxygen atoms in total. The third-order valence-corrected chi connectivity index (χ3v) is 4.00. The van der Waals surface area contributed by atoms with Crippen molar-refractivity contribution in [3.05, 3.63) is 18.1 Å². The van der Waals surface area contributed by atoms with E-state index < -0.39 is 0 Å². The predicted molar refractivity (Wildman–Crippen MR) is 70.0 cm³/mol. The predicted octanol–water partition coefficient (Wildman–Crippen LogP) is 1.71. The average molecular weight is 248 g/mol. The number of likely N-dealkylation sites (tertiary alicyclic amines) is 1. The van der Waals surface area contributed by atoms with Crippen molar-refractivity contribution in [1.82, 2.24) is 14.9 Å². The molecule has 2 heterocycles. The van der Waals surface area contributed by atoms with E-state index in [1.54, 1.807) is 0 Å². The van der Waals surface area contributed by atoms with E-state index in [-0.39, 0.29) is 5.91 Å².